The molecule has 0 atom stereocenters. The van der Waals surface area contributed by atoms with E-state index in [1.54, 1.807) is 0 Å². The Morgan fingerprint density at radius 2 is 1.24 bits per heavy atom. The molecule has 2 radical (unpaired) electrons. The van der Waals surface area contributed by atoms with Crippen molar-refractivity contribution in [2.24, 2.45) is 0 Å². The molecule has 0 aliphatic rings. The summed E-state index contributed by atoms with van der Waals surface area (Å²) in [5.74, 6) is 0. The van der Waals surface area contributed by atoms with Gasteiger partial charge in [0.2, 0.25) is 8.96 Å². The molecule has 25 heavy (non-hydrogen) atoms. The van der Waals surface area contributed by atoms with Crippen molar-refractivity contribution in [3.8, 4) is 0 Å². The predicted molar refractivity (Wildman–Crippen MR) is 122 cm³/mol. The second kappa shape index (κ2) is 11.2. The van der Waals surface area contributed by atoms with E-state index in [0.29, 0.717) is 0 Å². The van der Waals surface area contributed by atoms with Crippen molar-refractivity contribution in [1.29, 1.82) is 0 Å². The average molecular weight is 474 g/mol. The molecule has 0 saturated carbocycles. The van der Waals surface area contributed by atoms with Gasteiger partial charge in [-0.2, -0.15) is 0 Å². The number of benzene rings is 2. The van der Waals surface area contributed by atoms with Gasteiger partial charge < -0.3 is 4.23 Å². The van der Waals surface area contributed by atoms with Crippen LogP contribution in [0.1, 0.15) is 0 Å². The monoisotopic (exact) mass is 475 g/mol. The summed E-state index contributed by atoms with van der Waals surface area (Å²) in [4.78, 5) is 7.09. The van der Waals surface area contributed by atoms with Crippen molar-refractivity contribution in [3.63, 3.8) is 0 Å². The molecule has 0 heterocycles. The molecule has 2 aromatic rings. The van der Waals surface area contributed by atoms with E-state index in [9.17, 15) is 0 Å². The van der Waals surface area contributed by atoms with Crippen molar-refractivity contribution in [2.75, 3.05) is 6.54 Å². The van der Waals surface area contributed by atoms with E-state index < -0.39 is 37.0 Å². The fraction of sp³-hybridized carbons (Fsp3) is 0.333. The SMILES string of the molecule is C=CCN([Si](c1ccccc1)c1ccccc1)[Si](C)(C)C.[CH3][Sn]([CH3])[CH3]. The summed E-state index contributed by atoms with van der Waals surface area (Å²) in [6.45, 7) is 12.2. The van der Waals surface area contributed by atoms with Gasteiger partial charge in [0.1, 0.15) is 8.24 Å². The Kier molecular flexibility index (Phi) is 10.0. The van der Waals surface area contributed by atoms with E-state index in [1.807, 2.05) is 0 Å². The second-order valence-corrected chi connectivity index (χ2v) is 23.9. The molecule has 0 unspecified atom stereocenters. The normalized spacial score (nSPS) is 11.4. The summed E-state index contributed by atoms with van der Waals surface area (Å²) < 4.78 is 2.73. The van der Waals surface area contributed by atoms with E-state index in [2.05, 4.69) is 112 Å². The molecule has 4 heteroatoms. The molecule has 0 aliphatic heterocycles. The van der Waals surface area contributed by atoms with Gasteiger partial charge in [-0.05, 0) is 10.4 Å². The molecule has 0 fully saturated rings. The molecule has 0 amide bonds. The number of hydrogen-bond acceptors (Lipinski definition) is 1. The van der Waals surface area contributed by atoms with Crippen LogP contribution in [0.4, 0.5) is 0 Å². The van der Waals surface area contributed by atoms with Gasteiger partial charge in [0, 0.05) is 6.54 Å². The Bertz CT molecular complexity index is 567. The van der Waals surface area contributed by atoms with Gasteiger partial charge in [-0.1, -0.05) is 86.4 Å². The Hall–Kier alpha value is -0.628. The zero-order valence-corrected chi connectivity index (χ0v) is 21.6. The number of rotatable bonds is 6. The zero-order valence-electron chi connectivity index (χ0n) is 16.7. The molecule has 0 saturated heterocycles. The van der Waals surface area contributed by atoms with Crippen LogP contribution in [-0.2, 0) is 0 Å². The van der Waals surface area contributed by atoms with Crippen molar-refractivity contribution in [3.05, 3.63) is 73.3 Å². The minimum atomic E-state index is -1.43. The first-order chi connectivity index (χ1) is 11.8. The Morgan fingerprint density at radius 3 is 1.52 bits per heavy atom. The molecule has 1 nitrogen and oxygen atoms in total. The van der Waals surface area contributed by atoms with E-state index >= 15 is 0 Å². The molecular weight excluding hydrogens is 441 g/mol. The van der Waals surface area contributed by atoms with Crippen LogP contribution in [0.2, 0.25) is 34.5 Å². The quantitative estimate of drug-likeness (QED) is 0.441. The van der Waals surface area contributed by atoms with E-state index in [4.69, 9.17) is 0 Å². The van der Waals surface area contributed by atoms with Crippen LogP contribution >= 0.6 is 0 Å². The van der Waals surface area contributed by atoms with Crippen LogP contribution < -0.4 is 10.4 Å². The Morgan fingerprint density at radius 1 is 0.880 bits per heavy atom. The van der Waals surface area contributed by atoms with Gasteiger partial charge in [-0.3, -0.25) is 0 Å². The van der Waals surface area contributed by atoms with Gasteiger partial charge in [0.25, 0.3) is 0 Å². The third kappa shape index (κ3) is 8.07. The summed E-state index contributed by atoms with van der Waals surface area (Å²) >= 11 is -0.543. The number of hydrogen-bond donors (Lipinski definition) is 0. The first kappa shape index (κ1) is 22.4. The molecule has 134 valence electrons. The van der Waals surface area contributed by atoms with Gasteiger partial charge in [0.15, 0.2) is 0 Å². The van der Waals surface area contributed by atoms with Gasteiger partial charge in [-0.15, -0.1) is 6.58 Å². The maximum absolute atomic E-state index is 3.98. The van der Waals surface area contributed by atoms with Crippen LogP contribution in [0, 0.1) is 0 Å². The third-order valence-electron chi connectivity index (χ3n) is 3.49. The first-order valence-electron chi connectivity index (χ1n) is 8.90. The molecule has 2 aromatic carbocycles. The van der Waals surface area contributed by atoms with Gasteiger partial charge in [-0.25, -0.2) is 0 Å². The molecular formula is C21H33NSi2Sn. The van der Waals surface area contributed by atoms with Crippen LogP contribution in [-0.4, -0.2) is 47.7 Å². The van der Waals surface area contributed by atoms with Crippen LogP contribution in [0.15, 0.2) is 73.3 Å². The van der Waals surface area contributed by atoms with Crippen LogP contribution in [0.25, 0.3) is 0 Å². The zero-order chi connectivity index (χ0) is 18.9. The van der Waals surface area contributed by atoms with Crippen molar-refractivity contribution in [1.82, 2.24) is 4.23 Å². The van der Waals surface area contributed by atoms with Crippen molar-refractivity contribution < 1.29 is 0 Å². The maximum atomic E-state index is 3.98. The summed E-state index contributed by atoms with van der Waals surface area (Å²) in [6, 6.07) is 21.9. The fourth-order valence-corrected chi connectivity index (χ4v) is 8.92. The molecule has 2 rings (SSSR count). The third-order valence-corrected chi connectivity index (χ3v) is 10.5. The van der Waals surface area contributed by atoms with Crippen molar-refractivity contribution in [2.45, 2.75) is 34.5 Å². The second-order valence-electron chi connectivity index (χ2n) is 7.65. The summed E-state index contributed by atoms with van der Waals surface area (Å²) in [5, 5.41) is 2.91. The molecule has 0 aliphatic carbocycles. The standard InChI is InChI=1S/C18H24NSi2.3CH3.Sn/c1-5-16-19(21(2,3)4)20(17-12-8-6-9-13-17)18-14-10-7-11-15-18;;;;/h5-15H,1,16H2,2-4H3;3*1H3;. The Balaban J connectivity index is 0.000000705. The number of nitrogens with zero attached hydrogens (tertiary/aromatic N) is 1. The predicted octanol–water partition coefficient (Wildman–Crippen LogP) is 4.49. The topological polar surface area (TPSA) is 3.24 Å². The fourth-order valence-electron chi connectivity index (χ4n) is 2.50. The minimum absolute atomic E-state index is 0.543. The van der Waals surface area contributed by atoms with Crippen molar-refractivity contribution >= 4 is 47.3 Å². The van der Waals surface area contributed by atoms with Gasteiger partial charge >= 0.3 is 34.6 Å². The molecule has 0 aromatic heterocycles. The average Bonchev–Trinajstić information content (AvgIpc) is 2.55. The van der Waals surface area contributed by atoms with Crippen LogP contribution in [0.3, 0.4) is 0 Å². The van der Waals surface area contributed by atoms with E-state index in [0.717, 1.165) is 6.54 Å². The van der Waals surface area contributed by atoms with Crippen LogP contribution in [0.5, 0.6) is 0 Å². The van der Waals surface area contributed by atoms with E-state index in [-0.39, 0.29) is 0 Å². The summed E-state index contributed by atoms with van der Waals surface area (Å²) in [5.41, 5.74) is 0. The van der Waals surface area contributed by atoms with Gasteiger partial charge in [0.05, 0.1) is 0 Å². The van der Waals surface area contributed by atoms with E-state index in [1.165, 1.54) is 10.4 Å². The molecule has 0 N–H and O–H groups in total. The summed E-state index contributed by atoms with van der Waals surface area (Å²) in [6.07, 6.45) is 2.05. The molecule has 0 bridgehead atoms. The summed E-state index contributed by atoms with van der Waals surface area (Å²) in [7, 11) is -2.36. The molecule has 0 spiro atoms. The Labute approximate surface area is 165 Å². The first-order valence-corrected chi connectivity index (χ1v) is 22.4.